The second kappa shape index (κ2) is 13.0. The standard InChI is InChI=1S/C24H34N6O.HI/c1-25-24(27-18-21-10-7-11-26-23(21)30-14-16-31-17-15-30)28-19-22(29-12-5-6-13-29)20-8-3-2-4-9-20;/h2-4,7-11,22H,5-6,12-19H2,1H3,(H2,25,27,28);1H. The second-order valence-corrected chi connectivity index (χ2v) is 8.06. The highest BCUT2D eigenvalue weighted by Crippen LogP contribution is 2.24. The average molecular weight is 550 g/mol. The quantitative estimate of drug-likeness (QED) is 0.314. The van der Waals surface area contributed by atoms with E-state index in [1.807, 2.05) is 19.3 Å². The van der Waals surface area contributed by atoms with Crippen LogP contribution in [0.1, 0.15) is 30.0 Å². The first-order valence-corrected chi connectivity index (χ1v) is 11.4. The molecule has 1 atom stereocenters. The van der Waals surface area contributed by atoms with Crippen LogP contribution in [0.3, 0.4) is 0 Å². The number of benzene rings is 1. The van der Waals surface area contributed by atoms with E-state index < -0.39 is 0 Å². The fourth-order valence-corrected chi connectivity index (χ4v) is 4.41. The summed E-state index contributed by atoms with van der Waals surface area (Å²) < 4.78 is 5.49. The summed E-state index contributed by atoms with van der Waals surface area (Å²) in [6.07, 6.45) is 4.42. The molecule has 2 fully saturated rings. The van der Waals surface area contributed by atoms with Gasteiger partial charge >= 0.3 is 0 Å². The zero-order chi connectivity index (χ0) is 21.3. The molecule has 1 unspecified atom stereocenters. The first kappa shape index (κ1) is 24.7. The molecule has 4 rings (SSSR count). The molecule has 2 saturated heterocycles. The maximum atomic E-state index is 5.49. The molecule has 0 radical (unpaired) electrons. The number of aliphatic imine (C=N–C) groups is 1. The summed E-state index contributed by atoms with van der Waals surface area (Å²) in [5, 5.41) is 7.04. The van der Waals surface area contributed by atoms with Crippen molar-refractivity contribution in [1.82, 2.24) is 20.5 Å². The fourth-order valence-electron chi connectivity index (χ4n) is 4.41. The Bertz CT molecular complexity index is 837. The van der Waals surface area contributed by atoms with E-state index in [2.05, 4.69) is 66.8 Å². The number of nitrogens with zero attached hydrogens (tertiary/aromatic N) is 4. The van der Waals surface area contributed by atoms with E-state index in [1.54, 1.807) is 0 Å². The lowest BCUT2D eigenvalue weighted by Gasteiger charge is -2.30. The Labute approximate surface area is 208 Å². The van der Waals surface area contributed by atoms with E-state index in [9.17, 15) is 0 Å². The van der Waals surface area contributed by atoms with Crippen LogP contribution in [-0.2, 0) is 11.3 Å². The summed E-state index contributed by atoms with van der Waals surface area (Å²) in [4.78, 5) is 14.0. The number of nitrogens with one attached hydrogen (secondary N) is 2. The van der Waals surface area contributed by atoms with Crippen LogP contribution in [0.5, 0.6) is 0 Å². The molecular formula is C24H35IN6O. The van der Waals surface area contributed by atoms with Gasteiger partial charge in [-0.2, -0.15) is 0 Å². The van der Waals surface area contributed by atoms with Crippen molar-refractivity contribution >= 4 is 35.8 Å². The Morgan fingerprint density at radius 1 is 1.03 bits per heavy atom. The van der Waals surface area contributed by atoms with Crippen LogP contribution >= 0.6 is 24.0 Å². The van der Waals surface area contributed by atoms with Gasteiger partial charge in [0.05, 0.1) is 19.3 Å². The Hall–Kier alpha value is -1.91. The van der Waals surface area contributed by atoms with Crippen molar-refractivity contribution < 1.29 is 4.74 Å². The van der Waals surface area contributed by atoms with E-state index >= 15 is 0 Å². The number of likely N-dealkylation sites (tertiary alicyclic amines) is 1. The van der Waals surface area contributed by atoms with Gasteiger partial charge in [-0.15, -0.1) is 24.0 Å². The summed E-state index contributed by atoms with van der Waals surface area (Å²) in [6, 6.07) is 15.3. The van der Waals surface area contributed by atoms with Gasteiger partial charge in [0.1, 0.15) is 5.82 Å². The summed E-state index contributed by atoms with van der Waals surface area (Å²) in [6.45, 7) is 7.09. The zero-order valence-electron chi connectivity index (χ0n) is 18.9. The van der Waals surface area contributed by atoms with E-state index in [0.29, 0.717) is 12.6 Å². The molecule has 8 heteroatoms. The number of hydrogen-bond donors (Lipinski definition) is 2. The second-order valence-electron chi connectivity index (χ2n) is 8.06. The number of aromatic nitrogens is 1. The summed E-state index contributed by atoms with van der Waals surface area (Å²) >= 11 is 0. The van der Waals surface area contributed by atoms with Crippen LogP contribution in [0.4, 0.5) is 5.82 Å². The highest BCUT2D eigenvalue weighted by Gasteiger charge is 2.23. The van der Waals surface area contributed by atoms with Crippen molar-refractivity contribution in [2.24, 2.45) is 4.99 Å². The third kappa shape index (κ3) is 6.55. The smallest absolute Gasteiger partial charge is 0.191 e. The minimum atomic E-state index is 0. The van der Waals surface area contributed by atoms with Crippen molar-refractivity contribution in [2.45, 2.75) is 25.4 Å². The van der Waals surface area contributed by atoms with E-state index in [0.717, 1.165) is 57.7 Å². The van der Waals surface area contributed by atoms with Crippen LogP contribution in [0.2, 0.25) is 0 Å². The van der Waals surface area contributed by atoms with E-state index in [-0.39, 0.29) is 24.0 Å². The van der Waals surface area contributed by atoms with Gasteiger partial charge in [0.25, 0.3) is 0 Å². The lowest BCUT2D eigenvalue weighted by atomic mass is 10.1. The lowest BCUT2D eigenvalue weighted by Crippen LogP contribution is -2.43. The number of halogens is 1. The van der Waals surface area contributed by atoms with Crippen LogP contribution in [0, 0.1) is 0 Å². The van der Waals surface area contributed by atoms with Gasteiger partial charge in [0.15, 0.2) is 5.96 Å². The number of anilines is 1. The Balaban J connectivity index is 0.00000289. The van der Waals surface area contributed by atoms with E-state index in [1.165, 1.54) is 24.0 Å². The molecule has 2 aliphatic heterocycles. The van der Waals surface area contributed by atoms with Gasteiger partial charge < -0.3 is 20.3 Å². The molecule has 3 heterocycles. The summed E-state index contributed by atoms with van der Waals surface area (Å²) in [7, 11) is 1.83. The third-order valence-corrected chi connectivity index (χ3v) is 6.08. The van der Waals surface area contributed by atoms with Crippen molar-refractivity contribution in [3.8, 4) is 0 Å². The third-order valence-electron chi connectivity index (χ3n) is 6.08. The molecule has 32 heavy (non-hydrogen) atoms. The maximum absolute atomic E-state index is 5.49. The number of morpholine rings is 1. The normalized spacial score (nSPS) is 18.2. The largest absolute Gasteiger partial charge is 0.378 e. The van der Waals surface area contributed by atoms with Crippen LogP contribution in [-0.4, -0.2) is 68.8 Å². The van der Waals surface area contributed by atoms with Crippen LogP contribution in [0.25, 0.3) is 0 Å². The first-order chi connectivity index (χ1) is 15.3. The molecular weight excluding hydrogens is 515 g/mol. The molecule has 2 N–H and O–H groups in total. The van der Waals surface area contributed by atoms with Crippen molar-refractivity contribution in [3.05, 3.63) is 59.8 Å². The lowest BCUT2D eigenvalue weighted by molar-refractivity contribution is 0.122. The molecule has 0 amide bonds. The highest BCUT2D eigenvalue weighted by molar-refractivity contribution is 14.0. The Kier molecular flexibility index (Phi) is 10.0. The zero-order valence-corrected chi connectivity index (χ0v) is 21.2. The SMILES string of the molecule is CN=C(NCc1cccnc1N1CCOCC1)NCC(c1ccccc1)N1CCCC1.I. The fraction of sp³-hybridized carbons (Fsp3) is 0.500. The molecule has 7 nitrogen and oxygen atoms in total. The summed E-state index contributed by atoms with van der Waals surface area (Å²) in [5.41, 5.74) is 2.53. The van der Waals surface area contributed by atoms with Crippen molar-refractivity contribution in [1.29, 1.82) is 0 Å². The number of rotatable bonds is 7. The molecule has 2 aliphatic rings. The Morgan fingerprint density at radius 3 is 2.50 bits per heavy atom. The van der Waals surface area contributed by atoms with Gasteiger partial charge in [0, 0.05) is 45.0 Å². The molecule has 0 spiro atoms. The minimum absolute atomic E-state index is 0. The van der Waals surface area contributed by atoms with Gasteiger partial charge in [-0.25, -0.2) is 4.98 Å². The molecule has 174 valence electrons. The van der Waals surface area contributed by atoms with Gasteiger partial charge in [0.2, 0.25) is 0 Å². The maximum Gasteiger partial charge on any atom is 0.191 e. The van der Waals surface area contributed by atoms with Gasteiger partial charge in [-0.05, 0) is 37.6 Å². The average Bonchev–Trinajstić information content (AvgIpc) is 3.37. The summed E-state index contributed by atoms with van der Waals surface area (Å²) in [5.74, 6) is 1.85. The van der Waals surface area contributed by atoms with Crippen molar-refractivity contribution in [3.63, 3.8) is 0 Å². The van der Waals surface area contributed by atoms with Gasteiger partial charge in [-0.3, -0.25) is 9.89 Å². The predicted molar refractivity (Wildman–Crippen MR) is 141 cm³/mol. The number of pyridine rings is 1. The van der Waals surface area contributed by atoms with E-state index in [4.69, 9.17) is 4.74 Å². The van der Waals surface area contributed by atoms with Crippen LogP contribution < -0.4 is 15.5 Å². The highest BCUT2D eigenvalue weighted by atomic mass is 127. The molecule has 1 aromatic carbocycles. The molecule has 0 aliphatic carbocycles. The van der Waals surface area contributed by atoms with Crippen LogP contribution in [0.15, 0.2) is 53.7 Å². The minimum Gasteiger partial charge on any atom is -0.378 e. The monoisotopic (exact) mass is 550 g/mol. The van der Waals surface area contributed by atoms with Crippen molar-refractivity contribution in [2.75, 3.05) is 57.9 Å². The Morgan fingerprint density at radius 2 is 1.78 bits per heavy atom. The topological polar surface area (TPSA) is 65.0 Å². The van der Waals surface area contributed by atoms with Gasteiger partial charge in [-0.1, -0.05) is 36.4 Å². The molecule has 0 bridgehead atoms. The number of hydrogen-bond acceptors (Lipinski definition) is 5. The molecule has 2 aromatic rings. The first-order valence-electron chi connectivity index (χ1n) is 11.4. The molecule has 0 saturated carbocycles. The molecule has 1 aromatic heterocycles. The number of guanidine groups is 1. The predicted octanol–water partition coefficient (Wildman–Crippen LogP) is 3.04. The number of ether oxygens (including phenoxy) is 1.